The molecule has 0 aromatic heterocycles. The van der Waals surface area contributed by atoms with Crippen molar-refractivity contribution < 1.29 is 4.39 Å². The number of benzene rings is 2. The summed E-state index contributed by atoms with van der Waals surface area (Å²) in [7, 11) is 0. The highest BCUT2D eigenvalue weighted by Crippen LogP contribution is 2.28. The highest BCUT2D eigenvalue weighted by atomic mass is 79.9. The van der Waals surface area contributed by atoms with Crippen molar-refractivity contribution >= 4 is 27.5 Å². The predicted octanol–water partition coefficient (Wildman–Crippen LogP) is 4.30. The van der Waals surface area contributed by atoms with Gasteiger partial charge in [0.15, 0.2) is 0 Å². The van der Waals surface area contributed by atoms with Gasteiger partial charge in [0.05, 0.1) is 6.04 Å². The van der Waals surface area contributed by atoms with Crippen molar-refractivity contribution in [3.05, 3.63) is 68.4 Å². The quantitative estimate of drug-likeness (QED) is 0.632. The van der Waals surface area contributed by atoms with Crippen molar-refractivity contribution in [2.45, 2.75) is 19.4 Å². The Morgan fingerprint density at radius 2 is 2.05 bits per heavy atom. The van der Waals surface area contributed by atoms with Crippen LogP contribution in [0.2, 0.25) is 5.02 Å². The lowest BCUT2D eigenvalue weighted by atomic mass is 9.98. The predicted molar refractivity (Wildman–Crippen MR) is 84.1 cm³/mol. The molecule has 0 spiro atoms. The Bertz CT molecular complexity index is 619. The topological polar surface area (TPSA) is 38.0 Å². The molecule has 0 aliphatic carbocycles. The van der Waals surface area contributed by atoms with Crippen LogP contribution in [0.15, 0.2) is 40.9 Å². The summed E-state index contributed by atoms with van der Waals surface area (Å²) in [6, 6.07) is 10.5. The molecule has 0 aliphatic heterocycles. The standard InChI is InChI=1S/C15H15BrClFN2/c1-9-2-5-13(16)12(6-9)15(20-19)7-10-3-4-11(17)8-14(10)18/h2-6,8,15,20H,7,19H2,1H3. The molecule has 0 radical (unpaired) electrons. The first kappa shape index (κ1) is 15.4. The van der Waals surface area contributed by atoms with E-state index in [0.717, 1.165) is 15.6 Å². The third kappa shape index (κ3) is 3.58. The molecule has 0 amide bonds. The first-order chi connectivity index (χ1) is 9.51. The van der Waals surface area contributed by atoms with Gasteiger partial charge in [0, 0.05) is 9.50 Å². The van der Waals surface area contributed by atoms with Gasteiger partial charge >= 0.3 is 0 Å². The molecule has 0 fully saturated rings. The molecule has 106 valence electrons. The molecule has 20 heavy (non-hydrogen) atoms. The van der Waals surface area contributed by atoms with E-state index in [-0.39, 0.29) is 11.9 Å². The average Bonchev–Trinajstić information content (AvgIpc) is 2.41. The molecule has 2 aromatic rings. The minimum atomic E-state index is -0.318. The van der Waals surface area contributed by atoms with Gasteiger partial charge in [-0.25, -0.2) is 4.39 Å². The van der Waals surface area contributed by atoms with E-state index in [2.05, 4.69) is 21.4 Å². The molecular formula is C15H15BrClFN2. The SMILES string of the molecule is Cc1ccc(Br)c(C(Cc2ccc(Cl)cc2F)NN)c1. The van der Waals surface area contributed by atoms with Crippen LogP contribution in [-0.4, -0.2) is 0 Å². The lowest BCUT2D eigenvalue weighted by Gasteiger charge is -2.19. The van der Waals surface area contributed by atoms with Crippen LogP contribution < -0.4 is 11.3 Å². The number of hydrogen-bond donors (Lipinski definition) is 2. The van der Waals surface area contributed by atoms with Gasteiger partial charge in [-0.1, -0.05) is 51.3 Å². The fraction of sp³-hybridized carbons (Fsp3) is 0.200. The maximum absolute atomic E-state index is 13.9. The second kappa shape index (κ2) is 6.68. The van der Waals surface area contributed by atoms with Crippen molar-refractivity contribution in [2.24, 2.45) is 5.84 Å². The Labute approximate surface area is 131 Å². The second-order valence-electron chi connectivity index (χ2n) is 4.68. The highest BCUT2D eigenvalue weighted by molar-refractivity contribution is 9.10. The zero-order chi connectivity index (χ0) is 14.7. The average molecular weight is 358 g/mol. The zero-order valence-electron chi connectivity index (χ0n) is 11.0. The molecule has 0 aliphatic rings. The van der Waals surface area contributed by atoms with Gasteiger partial charge < -0.3 is 0 Å². The van der Waals surface area contributed by atoms with Gasteiger partial charge in [-0.15, -0.1) is 0 Å². The van der Waals surface area contributed by atoms with Gasteiger partial charge in [0.2, 0.25) is 0 Å². The molecule has 2 rings (SSSR count). The summed E-state index contributed by atoms with van der Waals surface area (Å²) in [5.74, 6) is 5.31. The van der Waals surface area contributed by atoms with E-state index < -0.39 is 0 Å². The lowest BCUT2D eigenvalue weighted by Crippen LogP contribution is -2.30. The number of hydrogen-bond acceptors (Lipinski definition) is 2. The first-order valence-electron chi connectivity index (χ1n) is 6.17. The number of nitrogens with one attached hydrogen (secondary N) is 1. The number of nitrogens with two attached hydrogens (primary N) is 1. The number of aryl methyl sites for hydroxylation is 1. The smallest absolute Gasteiger partial charge is 0.127 e. The Morgan fingerprint density at radius 3 is 2.70 bits per heavy atom. The number of halogens is 3. The summed E-state index contributed by atoms with van der Waals surface area (Å²) in [6.45, 7) is 2.01. The van der Waals surface area contributed by atoms with Crippen LogP contribution in [0.25, 0.3) is 0 Å². The Hall–Kier alpha value is -0.940. The van der Waals surface area contributed by atoms with E-state index in [9.17, 15) is 4.39 Å². The van der Waals surface area contributed by atoms with Gasteiger partial charge in [-0.2, -0.15) is 0 Å². The van der Waals surface area contributed by atoms with Crippen LogP contribution in [0.3, 0.4) is 0 Å². The molecule has 1 atom stereocenters. The summed E-state index contributed by atoms with van der Waals surface area (Å²) in [6.07, 6.45) is 0.446. The van der Waals surface area contributed by atoms with Crippen molar-refractivity contribution in [2.75, 3.05) is 0 Å². The minimum absolute atomic E-state index is 0.181. The number of rotatable bonds is 4. The molecule has 5 heteroatoms. The minimum Gasteiger partial charge on any atom is -0.271 e. The Kier molecular flexibility index (Phi) is 5.16. The summed E-state index contributed by atoms with van der Waals surface area (Å²) in [4.78, 5) is 0. The monoisotopic (exact) mass is 356 g/mol. The van der Waals surface area contributed by atoms with Crippen LogP contribution in [0.1, 0.15) is 22.7 Å². The zero-order valence-corrected chi connectivity index (χ0v) is 13.3. The van der Waals surface area contributed by atoms with E-state index in [1.807, 2.05) is 25.1 Å². The summed E-state index contributed by atoms with van der Waals surface area (Å²) in [5, 5.41) is 0.389. The van der Waals surface area contributed by atoms with Crippen LogP contribution in [-0.2, 0) is 6.42 Å². The molecule has 0 saturated carbocycles. The van der Waals surface area contributed by atoms with E-state index in [4.69, 9.17) is 17.4 Å². The summed E-state index contributed by atoms with van der Waals surface area (Å²) in [5.41, 5.74) is 5.45. The fourth-order valence-corrected chi connectivity index (χ4v) is 2.78. The summed E-state index contributed by atoms with van der Waals surface area (Å²) >= 11 is 9.27. The largest absolute Gasteiger partial charge is 0.271 e. The van der Waals surface area contributed by atoms with Crippen LogP contribution in [0, 0.1) is 12.7 Å². The molecule has 0 bridgehead atoms. The molecule has 1 unspecified atom stereocenters. The van der Waals surface area contributed by atoms with E-state index >= 15 is 0 Å². The molecule has 2 nitrogen and oxygen atoms in total. The van der Waals surface area contributed by atoms with Crippen LogP contribution in [0.5, 0.6) is 0 Å². The van der Waals surface area contributed by atoms with Gasteiger partial charge in [0.25, 0.3) is 0 Å². The third-order valence-corrected chi connectivity index (χ3v) is 4.12. The molecule has 3 N–H and O–H groups in total. The fourth-order valence-electron chi connectivity index (χ4n) is 2.10. The van der Waals surface area contributed by atoms with Crippen LogP contribution >= 0.6 is 27.5 Å². The van der Waals surface area contributed by atoms with Gasteiger partial charge in [-0.3, -0.25) is 11.3 Å². The lowest BCUT2D eigenvalue weighted by molar-refractivity contribution is 0.527. The van der Waals surface area contributed by atoms with Gasteiger partial charge in [0.1, 0.15) is 5.82 Å². The molecule has 0 saturated heterocycles. The second-order valence-corrected chi connectivity index (χ2v) is 5.97. The van der Waals surface area contributed by atoms with Crippen LogP contribution in [0.4, 0.5) is 4.39 Å². The molecular weight excluding hydrogens is 343 g/mol. The van der Waals surface area contributed by atoms with Crippen molar-refractivity contribution in [3.63, 3.8) is 0 Å². The van der Waals surface area contributed by atoms with Crippen molar-refractivity contribution in [1.82, 2.24) is 5.43 Å². The summed E-state index contributed by atoms with van der Waals surface area (Å²) < 4.78 is 14.8. The maximum Gasteiger partial charge on any atom is 0.127 e. The van der Waals surface area contributed by atoms with E-state index in [1.165, 1.54) is 6.07 Å². The third-order valence-electron chi connectivity index (χ3n) is 3.17. The normalized spacial score (nSPS) is 12.4. The van der Waals surface area contributed by atoms with E-state index in [0.29, 0.717) is 17.0 Å². The van der Waals surface area contributed by atoms with Crippen molar-refractivity contribution in [1.29, 1.82) is 0 Å². The maximum atomic E-state index is 13.9. The number of hydrazine groups is 1. The van der Waals surface area contributed by atoms with Crippen molar-refractivity contribution in [3.8, 4) is 0 Å². The molecule has 2 aromatic carbocycles. The Balaban J connectivity index is 2.31. The van der Waals surface area contributed by atoms with Gasteiger partial charge in [-0.05, 0) is 42.7 Å². The molecule has 0 heterocycles. The Morgan fingerprint density at radius 1 is 1.30 bits per heavy atom. The first-order valence-corrected chi connectivity index (χ1v) is 7.34. The van der Waals surface area contributed by atoms with E-state index in [1.54, 1.807) is 12.1 Å². The highest BCUT2D eigenvalue weighted by Gasteiger charge is 2.16.